The van der Waals surface area contributed by atoms with Crippen LogP contribution in [0.4, 0.5) is 0 Å². The summed E-state index contributed by atoms with van der Waals surface area (Å²) in [6.45, 7) is 3.13. The number of nitrogens with one attached hydrogen (secondary N) is 3. The Hall–Kier alpha value is -1.67. The van der Waals surface area contributed by atoms with E-state index in [9.17, 15) is 9.59 Å². The quantitative estimate of drug-likeness (QED) is 0.520. The lowest BCUT2D eigenvalue weighted by Crippen LogP contribution is -2.35. The van der Waals surface area contributed by atoms with Gasteiger partial charge in [0.05, 0.1) is 19.3 Å². The number of carbonyl (C=O) groups excluding carboxylic acids is 2. The number of amides is 2. The molecular weight excluding hydrogens is 358 g/mol. The van der Waals surface area contributed by atoms with Gasteiger partial charge in [-0.15, -0.1) is 12.4 Å². The molecule has 7 nitrogen and oxygen atoms in total. The number of benzene rings is 1. The van der Waals surface area contributed by atoms with Crippen LogP contribution in [0.25, 0.3) is 0 Å². The van der Waals surface area contributed by atoms with Gasteiger partial charge < -0.3 is 25.4 Å². The Morgan fingerprint density at radius 1 is 1.31 bits per heavy atom. The van der Waals surface area contributed by atoms with E-state index in [1.54, 1.807) is 19.2 Å². The molecule has 1 aliphatic heterocycles. The Balaban J connectivity index is 0.00000338. The van der Waals surface area contributed by atoms with Crippen LogP contribution < -0.4 is 16.0 Å². The normalized spacial score (nSPS) is 16.0. The molecule has 1 fully saturated rings. The number of methoxy groups -OCH3 is 1. The van der Waals surface area contributed by atoms with Crippen molar-refractivity contribution in [2.75, 3.05) is 40.0 Å². The Bertz CT molecular complexity index is 565. The van der Waals surface area contributed by atoms with Crippen LogP contribution >= 0.6 is 12.4 Å². The lowest BCUT2D eigenvalue weighted by molar-refractivity contribution is -0.120. The second kappa shape index (κ2) is 12.6. The number of halogens is 1. The predicted octanol–water partition coefficient (Wildman–Crippen LogP) is 0.869. The second-order valence-corrected chi connectivity index (χ2v) is 5.99. The van der Waals surface area contributed by atoms with E-state index in [0.717, 1.165) is 25.0 Å². The molecular formula is C18H28ClN3O4. The van der Waals surface area contributed by atoms with E-state index in [1.165, 1.54) is 0 Å². The van der Waals surface area contributed by atoms with E-state index in [2.05, 4.69) is 16.0 Å². The van der Waals surface area contributed by atoms with Gasteiger partial charge in [0.25, 0.3) is 5.91 Å². The lowest BCUT2D eigenvalue weighted by atomic mass is 10.1. The van der Waals surface area contributed by atoms with Crippen LogP contribution in [0.5, 0.6) is 0 Å². The highest BCUT2D eigenvalue weighted by atomic mass is 35.5. The Morgan fingerprint density at radius 2 is 2.15 bits per heavy atom. The third-order valence-electron chi connectivity index (χ3n) is 3.96. The Morgan fingerprint density at radius 3 is 2.88 bits per heavy atom. The maximum atomic E-state index is 12.2. The van der Waals surface area contributed by atoms with Gasteiger partial charge in [-0.3, -0.25) is 9.59 Å². The van der Waals surface area contributed by atoms with Gasteiger partial charge in [-0.1, -0.05) is 12.1 Å². The van der Waals surface area contributed by atoms with Crippen molar-refractivity contribution in [3.05, 3.63) is 35.4 Å². The van der Waals surface area contributed by atoms with Crippen LogP contribution in [0.3, 0.4) is 0 Å². The first-order chi connectivity index (χ1) is 12.2. The zero-order chi connectivity index (χ0) is 17.9. The van der Waals surface area contributed by atoms with E-state index in [-0.39, 0.29) is 36.9 Å². The van der Waals surface area contributed by atoms with Crippen molar-refractivity contribution >= 4 is 24.2 Å². The molecule has 1 unspecified atom stereocenters. The average molecular weight is 386 g/mol. The molecule has 2 rings (SSSR count). The first-order valence-electron chi connectivity index (χ1n) is 8.64. The molecule has 26 heavy (non-hydrogen) atoms. The lowest BCUT2D eigenvalue weighted by Gasteiger charge is -2.11. The summed E-state index contributed by atoms with van der Waals surface area (Å²) < 4.78 is 10.4. The molecule has 8 heteroatoms. The van der Waals surface area contributed by atoms with Crippen LogP contribution in [-0.4, -0.2) is 57.9 Å². The van der Waals surface area contributed by atoms with Gasteiger partial charge in [-0.05, 0) is 30.5 Å². The third kappa shape index (κ3) is 8.14. The molecule has 1 atom stereocenters. The van der Waals surface area contributed by atoms with Crippen molar-refractivity contribution < 1.29 is 19.1 Å². The van der Waals surface area contributed by atoms with Crippen molar-refractivity contribution in [1.29, 1.82) is 0 Å². The fourth-order valence-electron chi connectivity index (χ4n) is 2.58. The molecule has 1 saturated heterocycles. The first kappa shape index (κ1) is 22.4. The number of rotatable bonds is 10. The summed E-state index contributed by atoms with van der Waals surface area (Å²) in [5, 5.41) is 8.71. The minimum Gasteiger partial charge on any atom is -0.383 e. The molecule has 1 aromatic rings. The fraction of sp³-hybridized carbons (Fsp3) is 0.556. The zero-order valence-electron chi connectivity index (χ0n) is 15.1. The van der Waals surface area contributed by atoms with Crippen molar-refractivity contribution in [1.82, 2.24) is 16.0 Å². The minimum absolute atomic E-state index is 0. The highest BCUT2D eigenvalue weighted by Gasteiger charge is 2.16. The molecule has 0 bridgehead atoms. The highest BCUT2D eigenvalue weighted by molar-refractivity contribution is 5.94. The van der Waals surface area contributed by atoms with Crippen molar-refractivity contribution in [3.8, 4) is 0 Å². The Kier molecular flexibility index (Phi) is 10.9. The SMILES string of the molecule is COCCNCC(=O)NCc1cccc(C(=O)NCC2CCCO2)c1.Cl. The van der Waals surface area contributed by atoms with Crippen molar-refractivity contribution in [3.63, 3.8) is 0 Å². The topological polar surface area (TPSA) is 88.7 Å². The van der Waals surface area contributed by atoms with Gasteiger partial charge in [0, 0.05) is 38.9 Å². The molecule has 3 N–H and O–H groups in total. The second-order valence-electron chi connectivity index (χ2n) is 5.99. The van der Waals surface area contributed by atoms with Crippen molar-refractivity contribution in [2.45, 2.75) is 25.5 Å². The van der Waals surface area contributed by atoms with Gasteiger partial charge >= 0.3 is 0 Å². The molecule has 0 radical (unpaired) electrons. The average Bonchev–Trinajstić information content (AvgIpc) is 3.15. The summed E-state index contributed by atoms with van der Waals surface area (Å²) in [5.74, 6) is -0.214. The largest absolute Gasteiger partial charge is 0.383 e. The number of carbonyl (C=O) groups is 2. The van der Waals surface area contributed by atoms with Crippen molar-refractivity contribution in [2.24, 2.45) is 0 Å². The molecule has 146 valence electrons. The summed E-state index contributed by atoms with van der Waals surface area (Å²) in [5.41, 5.74) is 1.47. The van der Waals surface area contributed by atoms with E-state index >= 15 is 0 Å². The van der Waals surface area contributed by atoms with Crippen LogP contribution in [0.15, 0.2) is 24.3 Å². The van der Waals surface area contributed by atoms with Gasteiger partial charge in [0.15, 0.2) is 0 Å². The molecule has 0 saturated carbocycles. The molecule has 1 heterocycles. The molecule has 2 amide bonds. The van der Waals surface area contributed by atoms with Crippen LogP contribution in [0.1, 0.15) is 28.8 Å². The monoisotopic (exact) mass is 385 g/mol. The predicted molar refractivity (Wildman–Crippen MR) is 102 cm³/mol. The molecule has 1 aliphatic rings. The van der Waals surface area contributed by atoms with Gasteiger partial charge in [0.1, 0.15) is 0 Å². The molecule has 0 spiro atoms. The fourth-order valence-corrected chi connectivity index (χ4v) is 2.58. The summed E-state index contributed by atoms with van der Waals surface area (Å²) >= 11 is 0. The number of hydrogen-bond donors (Lipinski definition) is 3. The maximum absolute atomic E-state index is 12.2. The molecule has 0 aliphatic carbocycles. The van der Waals surface area contributed by atoms with Crippen LogP contribution in [-0.2, 0) is 20.8 Å². The molecule has 1 aromatic carbocycles. The third-order valence-corrected chi connectivity index (χ3v) is 3.96. The Labute approximate surface area is 160 Å². The number of hydrogen-bond acceptors (Lipinski definition) is 5. The van der Waals surface area contributed by atoms with Gasteiger partial charge in [0.2, 0.25) is 5.91 Å². The van der Waals surface area contributed by atoms with Gasteiger partial charge in [-0.2, -0.15) is 0 Å². The van der Waals surface area contributed by atoms with E-state index in [1.807, 2.05) is 12.1 Å². The standard InChI is InChI=1S/C18H27N3O4.ClH/c1-24-9-7-19-13-17(22)20-11-14-4-2-5-15(10-14)18(23)21-12-16-6-3-8-25-16;/h2,4-5,10,16,19H,3,6-9,11-13H2,1H3,(H,20,22)(H,21,23);1H. The minimum atomic E-state index is -0.120. The van der Waals surface area contributed by atoms with E-state index < -0.39 is 0 Å². The maximum Gasteiger partial charge on any atom is 0.251 e. The smallest absolute Gasteiger partial charge is 0.251 e. The molecule has 0 aromatic heterocycles. The van der Waals surface area contributed by atoms with E-state index in [0.29, 0.717) is 31.8 Å². The van der Waals surface area contributed by atoms with Crippen LogP contribution in [0, 0.1) is 0 Å². The summed E-state index contributed by atoms with van der Waals surface area (Å²) in [4.78, 5) is 24.0. The zero-order valence-corrected chi connectivity index (χ0v) is 15.9. The van der Waals surface area contributed by atoms with E-state index in [4.69, 9.17) is 9.47 Å². The number of ether oxygens (including phenoxy) is 2. The highest BCUT2D eigenvalue weighted by Crippen LogP contribution is 2.11. The summed E-state index contributed by atoms with van der Waals surface area (Å²) in [6, 6.07) is 7.26. The first-order valence-corrected chi connectivity index (χ1v) is 8.64. The van der Waals surface area contributed by atoms with Gasteiger partial charge in [-0.25, -0.2) is 0 Å². The van der Waals surface area contributed by atoms with Crippen LogP contribution in [0.2, 0.25) is 0 Å². The summed E-state index contributed by atoms with van der Waals surface area (Å²) in [7, 11) is 1.62. The summed E-state index contributed by atoms with van der Waals surface area (Å²) in [6.07, 6.45) is 2.16.